The SMILES string of the molecule is COC(=O)c1ccc2c3ccccc3n(C3CCN(C)C3)c2c1. The molecule has 118 valence electrons. The van der Waals surface area contributed by atoms with Crippen molar-refractivity contribution in [1.29, 1.82) is 0 Å². The Bertz CT molecular complexity index is 897. The van der Waals surface area contributed by atoms with Crippen LogP contribution >= 0.6 is 0 Å². The van der Waals surface area contributed by atoms with Crippen molar-refractivity contribution in [2.75, 3.05) is 27.2 Å². The summed E-state index contributed by atoms with van der Waals surface area (Å²) in [6.07, 6.45) is 1.13. The molecule has 0 bridgehead atoms. The highest BCUT2D eigenvalue weighted by atomic mass is 16.5. The van der Waals surface area contributed by atoms with Gasteiger partial charge >= 0.3 is 5.97 Å². The van der Waals surface area contributed by atoms with Crippen molar-refractivity contribution >= 4 is 27.8 Å². The normalized spacial score (nSPS) is 18.8. The number of fused-ring (bicyclic) bond motifs is 3. The molecule has 4 nitrogen and oxygen atoms in total. The smallest absolute Gasteiger partial charge is 0.337 e. The average molecular weight is 308 g/mol. The van der Waals surface area contributed by atoms with Crippen molar-refractivity contribution in [2.24, 2.45) is 0 Å². The quantitative estimate of drug-likeness (QED) is 0.680. The molecule has 3 aromatic rings. The summed E-state index contributed by atoms with van der Waals surface area (Å²) in [5.41, 5.74) is 2.97. The second-order valence-corrected chi connectivity index (χ2v) is 6.32. The number of likely N-dealkylation sites (tertiary alicyclic amines) is 1. The Morgan fingerprint density at radius 3 is 2.65 bits per heavy atom. The van der Waals surface area contributed by atoms with E-state index in [1.165, 1.54) is 23.4 Å². The molecule has 1 aromatic heterocycles. The molecule has 1 aliphatic heterocycles. The predicted octanol–water partition coefficient (Wildman–Crippen LogP) is 3.46. The van der Waals surface area contributed by atoms with E-state index in [9.17, 15) is 4.79 Å². The molecule has 0 spiro atoms. The summed E-state index contributed by atoms with van der Waals surface area (Å²) in [7, 11) is 3.59. The fraction of sp³-hybridized carbons (Fsp3) is 0.316. The highest BCUT2D eigenvalue weighted by Crippen LogP contribution is 2.35. The monoisotopic (exact) mass is 308 g/mol. The number of para-hydroxylation sites is 1. The first-order valence-corrected chi connectivity index (χ1v) is 7.98. The summed E-state index contributed by atoms with van der Waals surface area (Å²) in [5, 5.41) is 2.44. The van der Waals surface area contributed by atoms with Gasteiger partial charge in [-0.2, -0.15) is 0 Å². The Hall–Kier alpha value is -2.33. The van der Waals surface area contributed by atoms with Crippen molar-refractivity contribution in [2.45, 2.75) is 12.5 Å². The minimum absolute atomic E-state index is 0.285. The van der Waals surface area contributed by atoms with Gasteiger partial charge in [0, 0.05) is 28.9 Å². The number of hydrogen-bond donors (Lipinski definition) is 0. The third kappa shape index (κ3) is 2.21. The van der Waals surface area contributed by atoms with Gasteiger partial charge in [-0.05, 0) is 38.2 Å². The Morgan fingerprint density at radius 1 is 1.13 bits per heavy atom. The van der Waals surface area contributed by atoms with E-state index in [2.05, 4.69) is 40.8 Å². The zero-order chi connectivity index (χ0) is 16.0. The number of esters is 1. The summed E-state index contributed by atoms with van der Waals surface area (Å²) in [6.45, 7) is 2.14. The minimum atomic E-state index is -0.285. The summed E-state index contributed by atoms with van der Waals surface area (Å²) < 4.78 is 7.29. The van der Waals surface area contributed by atoms with Gasteiger partial charge in [-0.15, -0.1) is 0 Å². The van der Waals surface area contributed by atoms with Gasteiger partial charge in [0.2, 0.25) is 0 Å². The van der Waals surface area contributed by atoms with Crippen molar-refractivity contribution < 1.29 is 9.53 Å². The van der Waals surface area contributed by atoms with E-state index < -0.39 is 0 Å². The number of likely N-dealkylation sites (N-methyl/N-ethyl adjacent to an activating group) is 1. The molecule has 1 fully saturated rings. The maximum absolute atomic E-state index is 11.9. The molecule has 0 amide bonds. The number of aromatic nitrogens is 1. The molecule has 0 radical (unpaired) electrons. The summed E-state index contributed by atoms with van der Waals surface area (Å²) >= 11 is 0. The van der Waals surface area contributed by atoms with Gasteiger partial charge in [-0.25, -0.2) is 4.79 Å². The largest absolute Gasteiger partial charge is 0.465 e. The van der Waals surface area contributed by atoms with Crippen LogP contribution in [-0.2, 0) is 4.74 Å². The van der Waals surface area contributed by atoms with Crippen LogP contribution in [-0.4, -0.2) is 42.7 Å². The van der Waals surface area contributed by atoms with Gasteiger partial charge in [0.25, 0.3) is 0 Å². The molecule has 2 aromatic carbocycles. The highest BCUT2D eigenvalue weighted by molar-refractivity contribution is 6.09. The lowest BCUT2D eigenvalue weighted by Crippen LogP contribution is -2.16. The third-order valence-electron chi connectivity index (χ3n) is 4.86. The molecule has 23 heavy (non-hydrogen) atoms. The summed E-state index contributed by atoms with van der Waals surface area (Å²) in [6, 6.07) is 14.8. The number of rotatable bonds is 2. The van der Waals surface area contributed by atoms with Crippen LogP contribution in [0.1, 0.15) is 22.8 Å². The standard InChI is InChI=1S/C19H20N2O2/c1-20-10-9-14(12-20)21-17-6-4-3-5-15(17)16-8-7-13(11-18(16)21)19(22)23-2/h3-8,11,14H,9-10,12H2,1-2H3. The van der Waals surface area contributed by atoms with Crippen LogP contribution in [0.15, 0.2) is 42.5 Å². The Kier molecular flexibility index (Phi) is 3.34. The van der Waals surface area contributed by atoms with E-state index in [0.717, 1.165) is 25.0 Å². The van der Waals surface area contributed by atoms with Crippen molar-refractivity contribution in [3.8, 4) is 0 Å². The van der Waals surface area contributed by atoms with E-state index in [1.807, 2.05) is 18.2 Å². The number of carbonyl (C=O) groups excluding carboxylic acids is 1. The number of hydrogen-bond acceptors (Lipinski definition) is 3. The molecule has 1 atom stereocenters. The molecule has 4 heteroatoms. The lowest BCUT2D eigenvalue weighted by molar-refractivity contribution is 0.0601. The molecule has 0 N–H and O–H groups in total. The predicted molar refractivity (Wildman–Crippen MR) is 91.9 cm³/mol. The van der Waals surface area contributed by atoms with Crippen molar-refractivity contribution in [3.05, 3.63) is 48.0 Å². The zero-order valence-electron chi connectivity index (χ0n) is 13.5. The summed E-state index contributed by atoms with van der Waals surface area (Å²) in [4.78, 5) is 14.3. The van der Waals surface area contributed by atoms with E-state index in [1.54, 1.807) is 0 Å². The van der Waals surface area contributed by atoms with E-state index in [0.29, 0.717) is 11.6 Å². The van der Waals surface area contributed by atoms with Crippen molar-refractivity contribution in [1.82, 2.24) is 9.47 Å². The second-order valence-electron chi connectivity index (χ2n) is 6.32. The van der Waals surface area contributed by atoms with Gasteiger partial charge in [-0.3, -0.25) is 0 Å². The lowest BCUT2D eigenvalue weighted by atomic mass is 10.1. The average Bonchev–Trinajstić information content (AvgIpc) is 3.14. The third-order valence-corrected chi connectivity index (χ3v) is 4.86. The van der Waals surface area contributed by atoms with Crippen LogP contribution in [0.2, 0.25) is 0 Å². The van der Waals surface area contributed by atoms with E-state index in [-0.39, 0.29) is 5.97 Å². The maximum atomic E-state index is 11.9. The molecule has 1 unspecified atom stereocenters. The first-order chi connectivity index (χ1) is 11.2. The molecular weight excluding hydrogens is 288 g/mol. The van der Waals surface area contributed by atoms with Crippen LogP contribution in [0.25, 0.3) is 21.8 Å². The van der Waals surface area contributed by atoms with Crippen molar-refractivity contribution in [3.63, 3.8) is 0 Å². The molecular formula is C19H20N2O2. The molecule has 2 heterocycles. The number of carbonyl (C=O) groups is 1. The van der Waals surface area contributed by atoms with Gasteiger partial charge in [-0.1, -0.05) is 24.3 Å². The topological polar surface area (TPSA) is 34.5 Å². The van der Waals surface area contributed by atoms with Gasteiger partial charge in [0.05, 0.1) is 18.2 Å². The number of benzene rings is 2. The maximum Gasteiger partial charge on any atom is 0.337 e. The van der Waals surface area contributed by atoms with E-state index in [4.69, 9.17) is 4.74 Å². The highest BCUT2D eigenvalue weighted by Gasteiger charge is 2.25. The van der Waals surface area contributed by atoms with E-state index >= 15 is 0 Å². The first kappa shape index (κ1) is 14.3. The fourth-order valence-corrected chi connectivity index (χ4v) is 3.76. The Morgan fingerprint density at radius 2 is 1.91 bits per heavy atom. The van der Waals surface area contributed by atoms with Gasteiger partial charge < -0.3 is 14.2 Å². The van der Waals surface area contributed by atoms with Crippen LogP contribution < -0.4 is 0 Å². The first-order valence-electron chi connectivity index (χ1n) is 7.98. The van der Waals surface area contributed by atoms with Gasteiger partial charge in [0.15, 0.2) is 0 Å². The van der Waals surface area contributed by atoms with Crippen LogP contribution in [0.3, 0.4) is 0 Å². The molecule has 1 saturated heterocycles. The summed E-state index contributed by atoms with van der Waals surface area (Å²) in [5.74, 6) is -0.285. The molecule has 0 aliphatic carbocycles. The fourth-order valence-electron chi connectivity index (χ4n) is 3.76. The lowest BCUT2D eigenvalue weighted by Gasteiger charge is -2.16. The number of ether oxygens (including phenoxy) is 1. The molecule has 1 aliphatic rings. The molecule has 4 rings (SSSR count). The zero-order valence-corrected chi connectivity index (χ0v) is 13.5. The minimum Gasteiger partial charge on any atom is -0.465 e. The van der Waals surface area contributed by atoms with Crippen LogP contribution in [0.4, 0.5) is 0 Å². The Labute approximate surface area is 135 Å². The number of nitrogens with zero attached hydrogens (tertiary/aromatic N) is 2. The second kappa shape index (κ2) is 5.39. The Balaban J connectivity index is 2.00. The molecule has 0 saturated carbocycles. The number of methoxy groups -OCH3 is 1. The van der Waals surface area contributed by atoms with Crippen LogP contribution in [0, 0.1) is 0 Å². The van der Waals surface area contributed by atoms with Gasteiger partial charge in [0.1, 0.15) is 0 Å². The van der Waals surface area contributed by atoms with Crippen LogP contribution in [0.5, 0.6) is 0 Å².